The number of ether oxygens (including phenoxy) is 1. The van der Waals surface area contributed by atoms with Crippen LogP contribution in [0.1, 0.15) is 73.9 Å². The van der Waals surface area contributed by atoms with Crippen molar-refractivity contribution in [3.63, 3.8) is 0 Å². The van der Waals surface area contributed by atoms with Crippen molar-refractivity contribution in [1.29, 1.82) is 0 Å². The van der Waals surface area contributed by atoms with Crippen LogP contribution in [-0.4, -0.2) is 37.0 Å². The van der Waals surface area contributed by atoms with Gasteiger partial charge < -0.3 is 15.0 Å². The van der Waals surface area contributed by atoms with Gasteiger partial charge in [-0.2, -0.15) is 0 Å². The molecule has 42 heavy (non-hydrogen) atoms. The van der Waals surface area contributed by atoms with Gasteiger partial charge in [0.2, 0.25) is 0 Å². The van der Waals surface area contributed by atoms with Crippen molar-refractivity contribution >= 4 is 11.9 Å². The largest absolute Gasteiger partial charge is 0.469 e. The van der Waals surface area contributed by atoms with Gasteiger partial charge in [-0.25, -0.2) is 0 Å². The van der Waals surface area contributed by atoms with Gasteiger partial charge >= 0.3 is 5.97 Å². The Morgan fingerprint density at radius 2 is 1.52 bits per heavy atom. The second-order valence-corrected chi connectivity index (χ2v) is 12.4. The third-order valence-electron chi connectivity index (χ3n) is 8.67. The number of amides is 1. The number of hydrogen-bond acceptors (Lipinski definition) is 4. The standard InChI is InChI=1S/C37H42N2O3/c1-37(2,3)29-16-14-26(15-17-29)32-12-8-9-13-33(32)35(40)38-30-18-20-31(21-19-30)39-24-22-28(23-25-39)34(36(41)42-4)27-10-6-5-7-11-27/h5-18,20,28,34H,19,21-25H2,1-4H3,(H,38,40). The average Bonchev–Trinajstić information content (AvgIpc) is 3.02. The number of methoxy groups -OCH3 is 1. The fourth-order valence-electron chi connectivity index (χ4n) is 6.20. The number of carbonyl (C=O) groups excluding carboxylic acids is 2. The Bertz CT molecular complexity index is 1460. The molecule has 5 nitrogen and oxygen atoms in total. The van der Waals surface area contributed by atoms with E-state index in [2.05, 4.69) is 61.3 Å². The third-order valence-corrected chi connectivity index (χ3v) is 8.67. The summed E-state index contributed by atoms with van der Waals surface area (Å²) in [5, 5.41) is 3.17. The van der Waals surface area contributed by atoms with E-state index in [0.717, 1.165) is 61.2 Å². The van der Waals surface area contributed by atoms with Crippen LogP contribution in [0, 0.1) is 5.92 Å². The van der Waals surface area contributed by atoms with E-state index in [4.69, 9.17) is 4.74 Å². The molecule has 0 radical (unpaired) electrons. The molecular weight excluding hydrogens is 520 g/mol. The number of nitrogens with one attached hydrogen (secondary N) is 1. The lowest BCUT2D eigenvalue weighted by Crippen LogP contribution is -2.37. The molecule has 1 N–H and O–H groups in total. The Balaban J connectivity index is 1.22. The maximum atomic E-state index is 13.4. The van der Waals surface area contributed by atoms with Crippen LogP contribution in [0.2, 0.25) is 0 Å². The van der Waals surface area contributed by atoms with Gasteiger partial charge in [-0.1, -0.05) is 93.6 Å². The highest BCUT2D eigenvalue weighted by molar-refractivity contribution is 6.01. The monoisotopic (exact) mass is 562 g/mol. The smallest absolute Gasteiger partial charge is 0.313 e. The molecule has 1 aliphatic heterocycles. The predicted octanol–water partition coefficient (Wildman–Crippen LogP) is 7.61. The van der Waals surface area contributed by atoms with Crippen LogP contribution < -0.4 is 5.32 Å². The third kappa shape index (κ3) is 6.67. The minimum Gasteiger partial charge on any atom is -0.469 e. The first-order chi connectivity index (χ1) is 20.2. The molecule has 2 aliphatic rings. The van der Waals surface area contributed by atoms with Crippen molar-refractivity contribution in [1.82, 2.24) is 10.2 Å². The van der Waals surface area contributed by atoms with Crippen LogP contribution >= 0.6 is 0 Å². The fourth-order valence-corrected chi connectivity index (χ4v) is 6.20. The molecule has 1 amide bonds. The van der Waals surface area contributed by atoms with Crippen molar-refractivity contribution in [2.75, 3.05) is 20.2 Å². The number of hydrogen-bond donors (Lipinski definition) is 1. The summed E-state index contributed by atoms with van der Waals surface area (Å²) in [7, 11) is 1.48. The van der Waals surface area contributed by atoms with E-state index in [1.165, 1.54) is 18.4 Å². The summed E-state index contributed by atoms with van der Waals surface area (Å²) in [4.78, 5) is 28.5. The van der Waals surface area contributed by atoms with E-state index in [1.54, 1.807) is 0 Å². The first-order valence-corrected chi connectivity index (χ1v) is 15.0. The molecule has 5 rings (SSSR count). The average molecular weight is 563 g/mol. The van der Waals surface area contributed by atoms with Gasteiger partial charge in [0.05, 0.1) is 13.0 Å². The van der Waals surface area contributed by atoms with Crippen LogP contribution in [0.15, 0.2) is 102 Å². The minimum atomic E-state index is -0.222. The van der Waals surface area contributed by atoms with Gasteiger partial charge in [0.15, 0.2) is 0 Å². The molecule has 1 atom stereocenters. The minimum absolute atomic E-state index is 0.0795. The van der Waals surface area contributed by atoms with Crippen molar-refractivity contribution in [3.8, 4) is 11.1 Å². The number of nitrogens with zero attached hydrogens (tertiary/aromatic N) is 1. The first-order valence-electron chi connectivity index (χ1n) is 15.0. The zero-order valence-electron chi connectivity index (χ0n) is 25.2. The second-order valence-electron chi connectivity index (χ2n) is 12.4. The van der Waals surface area contributed by atoms with E-state index in [1.807, 2.05) is 60.7 Å². The second kappa shape index (κ2) is 12.8. The van der Waals surface area contributed by atoms with Crippen molar-refractivity contribution in [3.05, 3.63) is 119 Å². The van der Waals surface area contributed by atoms with Crippen LogP contribution in [-0.2, 0) is 14.9 Å². The van der Waals surface area contributed by atoms with Crippen LogP contribution in [0.4, 0.5) is 0 Å². The van der Waals surface area contributed by atoms with Crippen LogP contribution in [0.5, 0.6) is 0 Å². The van der Waals surface area contributed by atoms with Crippen molar-refractivity contribution in [2.24, 2.45) is 5.92 Å². The Morgan fingerprint density at radius 3 is 2.14 bits per heavy atom. The Kier molecular flexibility index (Phi) is 8.96. The molecule has 3 aromatic rings. The maximum absolute atomic E-state index is 13.4. The highest BCUT2D eigenvalue weighted by Crippen LogP contribution is 2.36. The molecule has 1 aliphatic carbocycles. The molecule has 5 heteroatoms. The predicted molar refractivity (Wildman–Crippen MR) is 169 cm³/mol. The lowest BCUT2D eigenvalue weighted by atomic mass is 9.80. The summed E-state index contributed by atoms with van der Waals surface area (Å²) in [6.45, 7) is 8.43. The summed E-state index contributed by atoms with van der Waals surface area (Å²) in [5.74, 6) is -0.192. The number of carbonyl (C=O) groups is 2. The fraction of sp³-hybridized carbons (Fsp3) is 0.351. The van der Waals surface area contributed by atoms with Gasteiger partial charge in [-0.05, 0) is 77.5 Å². The van der Waals surface area contributed by atoms with E-state index >= 15 is 0 Å². The Morgan fingerprint density at radius 1 is 0.857 bits per heavy atom. The van der Waals surface area contributed by atoms with Crippen LogP contribution in [0.25, 0.3) is 11.1 Å². The number of piperidine rings is 1. The first kappa shape index (κ1) is 29.4. The molecular formula is C37H42N2O3. The molecule has 0 spiro atoms. The number of rotatable bonds is 7. The van der Waals surface area contributed by atoms with E-state index in [9.17, 15) is 9.59 Å². The number of benzene rings is 3. The normalized spacial score (nSPS) is 16.7. The number of likely N-dealkylation sites (tertiary alicyclic amines) is 1. The van der Waals surface area contributed by atoms with E-state index in [-0.39, 0.29) is 29.1 Å². The lowest BCUT2D eigenvalue weighted by Gasteiger charge is -2.38. The van der Waals surface area contributed by atoms with Gasteiger partial charge in [-0.15, -0.1) is 0 Å². The molecule has 1 saturated heterocycles. The molecule has 1 unspecified atom stereocenters. The van der Waals surface area contributed by atoms with Gasteiger partial charge in [0, 0.05) is 30.0 Å². The summed E-state index contributed by atoms with van der Waals surface area (Å²) in [5.41, 5.74) is 7.27. The molecule has 1 heterocycles. The zero-order valence-corrected chi connectivity index (χ0v) is 25.2. The number of allylic oxidation sites excluding steroid dienone is 4. The lowest BCUT2D eigenvalue weighted by molar-refractivity contribution is -0.144. The molecule has 0 saturated carbocycles. The summed E-state index contributed by atoms with van der Waals surface area (Å²) in [6.07, 6.45) is 7.73. The SMILES string of the molecule is COC(=O)C(c1ccccc1)C1CCN(C2=CC=C(NC(=O)c3ccccc3-c3ccc(C(C)(C)C)cc3)CC2)CC1. The molecule has 218 valence electrons. The topological polar surface area (TPSA) is 58.6 Å². The Hall–Kier alpha value is -4.12. The van der Waals surface area contributed by atoms with Gasteiger partial charge in [-0.3, -0.25) is 9.59 Å². The molecule has 0 aromatic heterocycles. The Labute approximate surface area is 250 Å². The van der Waals surface area contributed by atoms with Gasteiger partial charge in [0.1, 0.15) is 0 Å². The van der Waals surface area contributed by atoms with Crippen molar-refractivity contribution in [2.45, 2.75) is 57.8 Å². The summed E-state index contributed by atoms with van der Waals surface area (Å²) >= 11 is 0. The summed E-state index contributed by atoms with van der Waals surface area (Å²) < 4.78 is 5.18. The highest BCUT2D eigenvalue weighted by atomic mass is 16.5. The van der Waals surface area contributed by atoms with Gasteiger partial charge in [0.25, 0.3) is 5.91 Å². The van der Waals surface area contributed by atoms with E-state index in [0.29, 0.717) is 5.56 Å². The molecule has 0 bridgehead atoms. The molecule has 1 fully saturated rings. The molecule has 3 aromatic carbocycles. The van der Waals surface area contributed by atoms with Crippen LogP contribution in [0.3, 0.4) is 0 Å². The van der Waals surface area contributed by atoms with E-state index < -0.39 is 0 Å². The van der Waals surface area contributed by atoms with Crippen molar-refractivity contribution < 1.29 is 14.3 Å². The maximum Gasteiger partial charge on any atom is 0.313 e. The number of esters is 1. The highest BCUT2D eigenvalue weighted by Gasteiger charge is 2.34. The quantitative estimate of drug-likeness (QED) is 0.301. The zero-order chi connectivity index (χ0) is 29.7. The summed E-state index contributed by atoms with van der Waals surface area (Å²) in [6, 6.07) is 26.3.